The summed E-state index contributed by atoms with van der Waals surface area (Å²) in [5.41, 5.74) is 0.258. The quantitative estimate of drug-likeness (QED) is 0.872. The molecule has 0 unspecified atom stereocenters. The van der Waals surface area contributed by atoms with Crippen molar-refractivity contribution in [3.8, 4) is 0 Å². The van der Waals surface area contributed by atoms with Gasteiger partial charge in [0.2, 0.25) is 5.91 Å². The van der Waals surface area contributed by atoms with E-state index in [1.54, 1.807) is 0 Å². The fourth-order valence-corrected chi connectivity index (χ4v) is 2.34. The maximum atomic E-state index is 13.0. The minimum absolute atomic E-state index is 0.0985. The highest BCUT2D eigenvalue weighted by Crippen LogP contribution is 2.31. The van der Waals surface area contributed by atoms with E-state index in [0.29, 0.717) is 0 Å². The number of hydrogen-bond donors (Lipinski definition) is 2. The number of benzene rings is 1. The number of rotatable bonds is 2. The summed E-state index contributed by atoms with van der Waals surface area (Å²) in [5.74, 6) is -0.727. The average molecular weight is 277 g/mol. The van der Waals surface area contributed by atoms with Gasteiger partial charge in [-0.05, 0) is 31.5 Å². The molecule has 1 aliphatic rings. The zero-order valence-electron chi connectivity index (χ0n) is 8.90. The minimum Gasteiger partial charge on any atom is -0.322 e. The van der Waals surface area contributed by atoms with E-state index < -0.39 is 5.82 Å². The average Bonchev–Trinajstić information content (AvgIpc) is 2.76. The molecule has 0 bridgehead atoms. The summed E-state index contributed by atoms with van der Waals surface area (Å²) in [4.78, 5) is 11.8. The molecule has 92 valence electrons. The molecule has 17 heavy (non-hydrogen) atoms. The lowest BCUT2D eigenvalue weighted by atomic mass is 10.2. The van der Waals surface area contributed by atoms with Crippen molar-refractivity contribution in [2.45, 2.75) is 18.9 Å². The summed E-state index contributed by atoms with van der Waals surface area (Å²) in [6.45, 7) is 0.822. The predicted molar refractivity (Wildman–Crippen MR) is 66.1 cm³/mol. The van der Waals surface area contributed by atoms with Crippen LogP contribution in [0.3, 0.4) is 0 Å². The summed E-state index contributed by atoms with van der Waals surface area (Å²) in [6.07, 6.45) is 1.74. The Morgan fingerprint density at radius 1 is 1.41 bits per heavy atom. The molecule has 2 rings (SSSR count). The van der Waals surface area contributed by atoms with Crippen LogP contribution in [0.25, 0.3) is 0 Å². The van der Waals surface area contributed by atoms with Crippen LogP contribution in [0.15, 0.2) is 12.1 Å². The normalized spacial score (nSPS) is 19.4. The summed E-state index contributed by atoms with van der Waals surface area (Å²) in [6, 6.07) is 2.00. The Morgan fingerprint density at radius 3 is 2.59 bits per heavy atom. The lowest BCUT2D eigenvalue weighted by Gasteiger charge is -2.13. The van der Waals surface area contributed by atoms with E-state index in [4.69, 9.17) is 23.2 Å². The Balaban J connectivity index is 2.15. The van der Waals surface area contributed by atoms with E-state index in [1.165, 1.54) is 0 Å². The van der Waals surface area contributed by atoms with Gasteiger partial charge >= 0.3 is 0 Å². The molecule has 1 heterocycles. The van der Waals surface area contributed by atoms with Crippen molar-refractivity contribution in [3.05, 3.63) is 28.0 Å². The molecule has 0 radical (unpaired) electrons. The van der Waals surface area contributed by atoms with Crippen molar-refractivity contribution < 1.29 is 9.18 Å². The first kappa shape index (κ1) is 12.6. The number of nitrogens with one attached hydrogen (secondary N) is 2. The van der Waals surface area contributed by atoms with E-state index in [2.05, 4.69) is 10.6 Å². The van der Waals surface area contributed by atoms with E-state index >= 15 is 0 Å². The maximum Gasteiger partial charge on any atom is 0.241 e. The van der Waals surface area contributed by atoms with E-state index in [9.17, 15) is 9.18 Å². The summed E-state index contributed by atoms with van der Waals surface area (Å²) in [7, 11) is 0. The van der Waals surface area contributed by atoms with Crippen LogP contribution in [0.4, 0.5) is 10.1 Å². The molecule has 1 atom stereocenters. The molecular weight excluding hydrogens is 266 g/mol. The van der Waals surface area contributed by atoms with Crippen LogP contribution in [-0.2, 0) is 4.79 Å². The molecule has 1 fully saturated rings. The van der Waals surface area contributed by atoms with Crippen LogP contribution in [0, 0.1) is 5.82 Å². The smallest absolute Gasteiger partial charge is 0.241 e. The first-order valence-electron chi connectivity index (χ1n) is 5.26. The second kappa shape index (κ2) is 5.21. The number of carbonyl (C=O) groups is 1. The molecule has 2 N–H and O–H groups in total. The van der Waals surface area contributed by atoms with Crippen molar-refractivity contribution in [2.24, 2.45) is 0 Å². The number of amides is 1. The third-order valence-electron chi connectivity index (χ3n) is 2.63. The molecule has 1 saturated heterocycles. The maximum absolute atomic E-state index is 13.0. The second-order valence-corrected chi connectivity index (χ2v) is 4.70. The van der Waals surface area contributed by atoms with Crippen LogP contribution >= 0.6 is 23.2 Å². The zero-order valence-corrected chi connectivity index (χ0v) is 10.4. The highest BCUT2D eigenvalue weighted by Gasteiger charge is 2.23. The van der Waals surface area contributed by atoms with Gasteiger partial charge in [0.1, 0.15) is 5.82 Å². The van der Waals surface area contributed by atoms with Crippen LogP contribution in [0.5, 0.6) is 0 Å². The second-order valence-electron chi connectivity index (χ2n) is 3.88. The first-order chi connectivity index (χ1) is 8.08. The fraction of sp³-hybridized carbons (Fsp3) is 0.364. The van der Waals surface area contributed by atoms with Crippen molar-refractivity contribution >= 4 is 34.8 Å². The Bertz CT molecular complexity index is 424. The predicted octanol–water partition coefficient (Wildman–Crippen LogP) is 2.82. The van der Waals surface area contributed by atoms with E-state index in [1.807, 2.05) is 0 Å². The van der Waals surface area contributed by atoms with E-state index in [0.717, 1.165) is 31.5 Å². The molecule has 0 aromatic heterocycles. The van der Waals surface area contributed by atoms with Gasteiger partial charge in [-0.1, -0.05) is 23.2 Å². The fourth-order valence-electron chi connectivity index (χ4n) is 1.78. The van der Waals surface area contributed by atoms with Gasteiger partial charge in [0, 0.05) is 0 Å². The van der Waals surface area contributed by atoms with Crippen molar-refractivity contribution in [2.75, 3.05) is 11.9 Å². The number of halogens is 3. The highest BCUT2D eigenvalue weighted by molar-refractivity contribution is 6.39. The molecule has 1 amide bonds. The molecule has 1 aromatic rings. The highest BCUT2D eigenvalue weighted by atomic mass is 35.5. The number of hydrogen-bond acceptors (Lipinski definition) is 2. The molecule has 0 spiro atoms. The van der Waals surface area contributed by atoms with Crippen LogP contribution in [-0.4, -0.2) is 18.5 Å². The Kier molecular flexibility index (Phi) is 3.86. The van der Waals surface area contributed by atoms with E-state index in [-0.39, 0.29) is 27.7 Å². The monoisotopic (exact) mass is 276 g/mol. The van der Waals surface area contributed by atoms with Crippen LogP contribution in [0.2, 0.25) is 10.0 Å². The number of anilines is 1. The Hall–Kier alpha value is -0.840. The van der Waals surface area contributed by atoms with Crippen LogP contribution < -0.4 is 10.6 Å². The van der Waals surface area contributed by atoms with Crippen LogP contribution in [0.1, 0.15) is 12.8 Å². The van der Waals surface area contributed by atoms with Gasteiger partial charge in [0.25, 0.3) is 0 Å². The summed E-state index contributed by atoms with van der Waals surface area (Å²) >= 11 is 11.7. The summed E-state index contributed by atoms with van der Waals surface area (Å²) in [5, 5.41) is 5.87. The molecule has 6 heteroatoms. The Labute approximate surface area is 108 Å². The minimum atomic E-state index is -0.531. The van der Waals surface area contributed by atoms with Gasteiger partial charge in [-0.25, -0.2) is 4.39 Å². The first-order valence-corrected chi connectivity index (χ1v) is 6.02. The van der Waals surface area contributed by atoms with Gasteiger partial charge in [0.05, 0.1) is 21.8 Å². The lowest BCUT2D eigenvalue weighted by Crippen LogP contribution is -2.35. The van der Waals surface area contributed by atoms with Gasteiger partial charge in [-0.3, -0.25) is 4.79 Å². The van der Waals surface area contributed by atoms with Gasteiger partial charge < -0.3 is 10.6 Å². The standard InChI is InChI=1S/C11H11Cl2FN2O/c12-7-4-6(14)5-8(13)10(7)16-11(17)9-2-1-3-15-9/h4-5,9,15H,1-3H2,(H,16,17)/t9-/m0/s1. The largest absolute Gasteiger partial charge is 0.322 e. The summed E-state index contributed by atoms with van der Waals surface area (Å²) < 4.78 is 13.0. The molecule has 1 aliphatic heterocycles. The van der Waals surface area contributed by atoms with Gasteiger partial charge in [0.15, 0.2) is 0 Å². The van der Waals surface area contributed by atoms with Crippen molar-refractivity contribution in [3.63, 3.8) is 0 Å². The molecular formula is C11H11Cl2FN2O. The van der Waals surface area contributed by atoms with Gasteiger partial charge in [-0.2, -0.15) is 0 Å². The lowest BCUT2D eigenvalue weighted by molar-refractivity contribution is -0.117. The number of carbonyl (C=O) groups excluding carboxylic acids is 1. The third kappa shape index (κ3) is 2.89. The van der Waals surface area contributed by atoms with Crippen molar-refractivity contribution in [1.29, 1.82) is 0 Å². The molecule has 0 aliphatic carbocycles. The van der Waals surface area contributed by atoms with Crippen molar-refractivity contribution in [1.82, 2.24) is 5.32 Å². The van der Waals surface area contributed by atoms with Gasteiger partial charge in [-0.15, -0.1) is 0 Å². The SMILES string of the molecule is O=C(Nc1c(Cl)cc(F)cc1Cl)[C@@H]1CCCN1. The molecule has 1 aromatic carbocycles. The zero-order chi connectivity index (χ0) is 12.4. The topological polar surface area (TPSA) is 41.1 Å². The molecule has 3 nitrogen and oxygen atoms in total. The third-order valence-corrected chi connectivity index (χ3v) is 3.23. The Morgan fingerprint density at radius 2 is 2.06 bits per heavy atom. The molecule has 0 saturated carbocycles.